The Balaban J connectivity index is 1.96. The van der Waals surface area contributed by atoms with E-state index in [4.69, 9.17) is 0 Å². The topological polar surface area (TPSA) is 72.7 Å². The van der Waals surface area contributed by atoms with Gasteiger partial charge in [-0.3, -0.25) is 9.55 Å². The normalized spacial score (nSPS) is 11.9. The van der Waals surface area contributed by atoms with E-state index in [0.717, 1.165) is 11.1 Å². The number of aromatic nitrogens is 4. The number of nitrogens with zero attached hydrogens (tertiary/aromatic N) is 4. The third-order valence-electron chi connectivity index (χ3n) is 3.60. The fourth-order valence-corrected chi connectivity index (χ4v) is 2.23. The highest BCUT2D eigenvalue weighted by molar-refractivity contribution is 5.54. The van der Waals surface area contributed by atoms with E-state index in [1.54, 1.807) is 31.6 Å². The summed E-state index contributed by atoms with van der Waals surface area (Å²) in [7, 11) is 1.65. The van der Waals surface area contributed by atoms with E-state index in [2.05, 4.69) is 20.3 Å². The molecule has 0 aliphatic heterocycles. The Morgan fingerprint density at radius 1 is 1.04 bits per heavy atom. The molecular weight excluding hydrogens is 290 g/mol. The van der Waals surface area contributed by atoms with E-state index in [1.165, 1.54) is 4.57 Å². The molecule has 0 aliphatic carbocycles. The third kappa shape index (κ3) is 3.26. The van der Waals surface area contributed by atoms with Crippen molar-refractivity contribution in [2.45, 2.75) is 13.0 Å². The van der Waals surface area contributed by atoms with Gasteiger partial charge in [-0.25, -0.2) is 4.79 Å². The van der Waals surface area contributed by atoms with Crippen LogP contribution in [0.5, 0.6) is 0 Å². The smallest absolute Gasteiger partial charge is 0.349 e. The summed E-state index contributed by atoms with van der Waals surface area (Å²) in [5, 5.41) is 3.27. The second-order valence-corrected chi connectivity index (χ2v) is 5.23. The van der Waals surface area contributed by atoms with Gasteiger partial charge in [0.15, 0.2) is 5.82 Å². The minimum Gasteiger partial charge on any atom is -0.349 e. The van der Waals surface area contributed by atoms with Crippen LogP contribution >= 0.6 is 0 Å². The summed E-state index contributed by atoms with van der Waals surface area (Å²) < 4.78 is 1.41. The molecule has 0 radical (unpaired) electrons. The summed E-state index contributed by atoms with van der Waals surface area (Å²) in [6, 6.07) is 13.6. The van der Waals surface area contributed by atoms with E-state index < -0.39 is 0 Å². The van der Waals surface area contributed by atoms with Crippen molar-refractivity contribution in [1.29, 1.82) is 0 Å². The first-order chi connectivity index (χ1) is 11.1. The van der Waals surface area contributed by atoms with E-state index >= 15 is 0 Å². The van der Waals surface area contributed by atoms with Crippen LogP contribution in [-0.2, 0) is 7.05 Å². The Labute approximate surface area is 133 Å². The molecule has 0 bridgehead atoms. The number of hydrogen-bond donors (Lipinski definition) is 1. The van der Waals surface area contributed by atoms with Gasteiger partial charge in [0.2, 0.25) is 5.95 Å². The lowest BCUT2D eigenvalue weighted by molar-refractivity contribution is 0.749. The first kappa shape index (κ1) is 14.9. The molecule has 3 aromatic rings. The van der Waals surface area contributed by atoms with Crippen molar-refractivity contribution >= 4 is 5.95 Å². The van der Waals surface area contributed by atoms with Crippen LogP contribution in [0.2, 0.25) is 0 Å². The standard InChI is InChI=1S/C17H17N5O/c1-12(13-6-4-3-5-7-13)19-16-20-15(21-17(23)22(16)2)14-8-10-18-11-9-14/h3-12H,1-2H3,(H,19,20,21,23). The molecule has 2 heterocycles. The summed E-state index contributed by atoms with van der Waals surface area (Å²) in [6.07, 6.45) is 3.30. The Hall–Kier alpha value is -3.02. The first-order valence-corrected chi connectivity index (χ1v) is 7.32. The zero-order valence-corrected chi connectivity index (χ0v) is 13.0. The molecule has 2 aromatic heterocycles. The fraction of sp³-hybridized carbons (Fsp3) is 0.176. The largest absolute Gasteiger partial charge is 0.352 e. The van der Waals surface area contributed by atoms with Crippen molar-refractivity contribution in [2.75, 3.05) is 5.32 Å². The van der Waals surface area contributed by atoms with Crippen molar-refractivity contribution < 1.29 is 0 Å². The minimum atomic E-state index is -0.352. The lowest BCUT2D eigenvalue weighted by Gasteiger charge is -2.17. The van der Waals surface area contributed by atoms with Gasteiger partial charge in [-0.1, -0.05) is 30.3 Å². The molecule has 0 spiro atoms. The molecule has 1 unspecified atom stereocenters. The molecule has 0 amide bonds. The zero-order chi connectivity index (χ0) is 16.2. The maximum absolute atomic E-state index is 12.1. The number of hydrogen-bond acceptors (Lipinski definition) is 5. The maximum Gasteiger partial charge on any atom is 0.352 e. The first-order valence-electron chi connectivity index (χ1n) is 7.32. The van der Waals surface area contributed by atoms with Crippen LogP contribution in [0.1, 0.15) is 18.5 Å². The Morgan fingerprint density at radius 2 is 1.74 bits per heavy atom. The second-order valence-electron chi connectivity index (χ2n) is 5.23. The summed E-state index contributed by atoms with van der Waals surface area (Å²) >= 11 is 0. The lowest BCUT2D eigenvalue weighted by atomic mass is 10.1. The lowest BCUT2D eigenvalue weighted by Crippen LogP contribution is -2.26. The highest BCUT2D eigenvalue weighted by Crippen LogP contribution is 2.18. The maximum atomic E-state index is 12.1. The van der Waals surface area contributed by atoms with Crippen molar-refractivity contribution in [3.05, 3.63) is 70.9 Å². The molecule has 0 fully saturated rings. The third-order valence-corrected chi connectivity index (χ3v) is 3.60. The molecule has 0 saturated carbocycles. The van der Waals surface area contributed by atoms with Gasteiger partial charge in [0, 0.05) is 25.0 Å². The summed E-state index contributed by atoms with van der Waals surface area (Å²) in [4.78, 5) is 24.6. The Morgan fingerprint density at radius 3 is 2.43 bits per heavy atom. The SMILES string of the molecule is CC(Nc1nc(-c2ccncc2)nc(=O)n1C)c1ccccc1. The van der Waals surface area contributed by atoms with Gasteiger partial charge in [0.05, 0.1) is 6.04 Å². The Bertz CT molecular complexity index is 846. The van der Waals surface area contributed by atoms with Crippen molar-refractivity contribution in [2.24, 2.45) is 7.05 Å². The van der Waals surface area contributed by atoms with Crippen LogP contribution < -0.4 is 11.0 Å². The minimum absolute atomic E-state index is 0.0157. The number of pyridine rings is 1. The fourth-order valence-electron chi connectivity index (χ4n) is 2.23. The summed E-state index contributed by atoms with van der Waals surface area (Å²) in [5.41, 5.74) is 1.52. The molecule has 0 aliphatic rings. The molecule has 116 valence electrons. The van der Waals surface area contributed by atoms with Crippen molar-refractivity contribution in [3.8, 4) is 11.4 Å². The highest BCUT2D eigenvalue weighted by atomic mass is 16.1. The molecule has 1 N–H and O–H groups in total. The number of benzene rings is 1. The van der Waals surface area contributed by atoms with Crippen LogP contribution in [0.4, 0.5) is 5.95 Å². The van der Waals surface area contributed by atoms with Crippen molar-refractivity contribution in [1.82, 2.24) is 19.5 Å². The molecular formula is C17H17N5O. The van der Waals surface area contributed by atoms with E-state index in [-0.39, 0.29) is 11.7 Å². The predicted octanol–water partition coefficient (Wildman–Crippen LogP) is 2.41. The quantitative estimate of drug-likeness (QED) is 0.801. The predicted molar refractivity (Wildman–Crippen MR) is 89.0 cm³/mol. The van der Waals surface area contributed by atoms with Gasteiger partial charge in [0.1, 0.15) is 0 Å². The molecule has 3 rings (SSSR count). The zero-order valence-electron chi connectivity index (χ0n) is 13.0. The van der Waals surface area contributed by atoms with Crippen LogP contribution in [0.25, 0.3) is 11.4 Å². The van der Waals surface area contributed by atoms with Crippen LogP contribution in [-0.4, -0.2) is 19.5 Å². The summed E-state index contributed by atoms with van der Waals surface area (Å²) in [6.45, 7) is 2.02. The van der Waals surface area contributed by atoms with Gasteiger partial charge in [-0.2, -0.15) is 9.97 Å². The van der Waals surface area contributed by atoms with E-state index in [0.29, 0.717) is 11.8 Å². The molecule has 6 heteroatoms. The molecule has 6 nitrogen and oxygen atoms in total. The van der Waals surface area contributed by atoms with Gasteiger partial charge in [-0.15, -0.1) is 0 Å². The monoisotopic (exact) mass is 307 g/mol. The van der Waals surface area contributed by atoms with Crippen LogP contribution in [0.3, 0.4) is 0 Å². The molecule has 1 aromatic carbocycles. The molecule has 23 heavy (non-hydrogen) atoms. The van der Waals surface area contributed by atoms with Crippen LogP contribution in [0, 0.1) is 0 Å². The van der Waals surface area contributed by atoms with Crippen molar-refractivity contribution in [3.63, 3.8) is 0 Å². The average Bonchev–Trinajstić information content (AvgIpc) is 2.60. The van der Waals surface area contributed by atoms with Gasteiger partial charge < -0.3 is 5.32 Å². The molecule has 0 saturated heterocycles. The molecule has 1 atom stereocenters. The van der Waals surface area contributed by atoms with E-state index in [1.807, 2.05) is 37.3 Å². The van der Waals surface area contributed by atoms with Gasteiger partial charge in [-0.05, 0) is 24.6 Å². The van der Waals surface area contributed by atoms with Gasteiger partial charge >= 0.3 is 5.69 Å². The number of anilines is 1. The van der Waals surface area contributed by atoms with Crippen LogP contribution in [0.15, 0.2) is 59.7 Å². The number of rotatable bonds is 4. The highest BCUT2D eigenvalue weighted by Gasteiger charge is 2.12. The average molecular weight is 307 g/mol. The van der Waals surface area contributed by atoms with Gasteiger partial charge in [0.25, 0.3) is 0 Å². The second kappa shape index (κ2) is 6.39. The number of nitrogens with one attached hydrogen (secondary N) is 1. The summed E-state index contributed by atoms with van der Waals surface area (Å²) in [5.74, 6) is 0.867. The Kier molecular flexibility index (Phi) is 4.14. The van der Waals surface area contributed by atoms with E-state index in [9.17, 15) is 4.79 Å².